The Morgan fingerprint density at radius 2 is 1.37 bits per heavy atom. The van der Waals surface area contributed by atoms with E-state index in [-0.39, 0.29) is 11.2 Å². The molecule has 154 valence electrons. The summed E-state index contributed by atoms with van der Waals surface area (Å²) in [5.41, 5.74) is 1.67. The molecule has 0 unspecified atom stereocenters. The van der Waals surface area contributed by atoms with Crippen molar-refractivity contribution in [2.24, 2.45) is 10.8 Å². The highest BCUT2D eigenvalue weighted by atomic mass is 16.4. The van der Waals surface area contributed by atoms with E-state index in [0.717, 1.165) is 44.9 Å². The lowest BCUT2D eigenvalue weighted by Gasteiger charge is -2.21. The molecule has 0 radical (unpaired) electrons. The van der Waals surface area contributed by atoms with E-state index < -0.39 is 11.4 Å². The van der Waals surface area contributed by atoms with Crippen LogP contribution in [-0.4, -0.2) is 16.9 Å². The number of carbonyl (C=O) groups is 2. The zero-order valence-corrected chi connectivity index (χ0v) is 18.4. The lowest BCUT2D eigenvalue weighted by molar-refractivity contribution is -0.147. The van der Waals surface area contributed by atoms with Gasteiger partial charge in [0, 0.05) is 5.41 Å². The van der Waals surface area contributed by atoms with Crippen molar-refractivity contribution < 1.29 is 14.7 Å². The zero-order valence-electron chi connectivity index (χ0n) is 18.4. The Morgan fingerprint density at radius 3 is 1.78 bits per heavy atom. The van der Waals surface area contributed by atoms with Gasteiger partial charge in [-0.1, -0.05) is 51.5 Å². The van der Waals surface area contributed by atoms with Crippen LogP contribution in [0.3, 0.4) is 0 Å². The fraction of sp³-hybridized carbons (Fsp3) is 0.667. The van der Waals surface area contributed by atoms with Crippen molar-refractivity contribution in [3.05, 3.63) is 36.0 Å². The van der Waals surface area contributed by atoms with Crippen molar-refractivity contribution >= 4 is 11.8 Å². The van der Waals surface area contributed by atoms with Crippen molar-refractivity contribution in [1.29, 1.82) is 0 Å². The van der Waals surface area contributed by atoms with Gasteiger partial charge in [-0.05, 0) is 77.4 Å². The van der Waals surface area contributed by atoms with Gasteiger partial charge in [-0.25, -0.2) is 0 Å². The number of unbranched alkanes of at least 4 members (excludes halogenated alkanes) is 2. The van der Waals surface area contributed by atoms with Crippen LogP contribution in [0.25, 0.3) is 0 Å². The molecule has 0 atom stereocenters. The van der Waals surface area contributed by atoms with Crippen LogP contribution >= 0.6 is 0 Å². The van der Waals surface area contributed by atoms with E-state index in [1.807, 2.05) is 26.8 Å². The number of ketones is 1. The van der Waals surface area contributed by atoms with E-state index in [0.29, 0.717) is 6.42 Å². The minimum atomic E-state index is -0.730. The molecule has 0 aromatic carbocycles. The van der Waals surface area contributed by atoms with Crippen LogP contribution < -0.4 is 0 Å². The van der Waals surface area contributed by atoms with Gasteiger partial charge in [-0.15, -0.1) is 0 Å². The van der Waals surface area contributed by atoms with Crippen LogP contribution in [0.5, 0.6) is 0 Å². The molecule has 0 spiro atoms. The molecule has 3 nitrogen and oxygen atoms in total. The number of Topliss-reactive ketones (excluding diaryl/α,β-unsaturated/α-hetero) is 1. The van der Waals surface area contributed by atoms with Crippen molar-refractivity contribution in [3.8, 4) is 0 Å². The van der Waals surface area contributed by atoms with E-state index in [1.54, 1.807) is 20.8 Å². The third kappa shape index (κ3) is 9.74. The fourth-order valence-electron chi connectivity index (χ4n) is 2.99. The van der Waals surface area contributed by atoms with Gasteiger partial charge >= 0.3 is 5.97 Å². The highest BCUT2D eigenvalue weighted by Gasteiger charge is 2.26. The predicted molar refractivity (Wildman–Crippen MR) is 115 cm³/mol. The molecule has 0 aromatic rings. The summed E-state index contributed by atoms with van der Waals surface area (Å²) in [5.74, 6) is -0.479. The first-order valence-corrected chi connectivity index (χ1v) is 10.2. The molecule has 3 heteroatoms. The first-order chi connectivity index (χ1) is 12.5. The average molecular weight is 377 g/mol. The first-order valence-electron chi connectivity index (χ1n) is 10.2. The minimum Gasteiger partial charge on any atom is -0.481 e. The number of allylic oxidation sites excluding steroid dienone is 5. The topological polar surface area (TPSA) is 54.4 Å². The summed E-state index contributed by atoms with van der Waals surface area (Å²) in [6.07, 6.45) is 13.6. The van der Waals surface area contributed by atoms with Crippen LogP contribution in [0.2, 0.25) is 0 Å². The summed E-state index contributed by atoms with van der Waals surface area (Å²) < 4.78 is 0. The van der Waals surface area contributed by atoms with E-state index in [4.69, 9.17) is 0 Å². The van der Waals surface area contributed by atoms with Gasteiger partial charge in [-0.2, -0.15) is 0 Å². The van der Waals surface area contributed by atoms with E-state index in [2.05, 4.69) is 18.7 Å². The standard InChI is InChI=1S/C24H40O3/c1-8-14-21(16-11-13-18-24(6,7)22(26)27)20(9-2)15-10-12-17-23(4,5)19(3)25/h8-9,14H,2,10-13,15-18H2,1,3-7H3,(H,26,27)/b14-8-,21-20-. The maximum Gasteiger partial charge on any atom is 0.309 e. The molecule has 0 amide bonds. The molecular formula is C24H40O3. The maximum absolute atomic E-state index is 11.6. The smallest absolute Gasteiger partial charge is 0.309 e. The van der Waals surface area contributed by atoms with E-state index in [9.17, 15) is 14.7 Å². The van der Waals surface area contributed by atoms with Crippen LogP contribution in [0.4, 0.5) is 0 Å². The third-order valence-corrected chi connectivity index (χ3v) is 5.55. The molecule has 0 rings (SSSR count). The minimum absolute atomic E-state index is 0.235. The Morgan fingerprint density at radius 1 is 0.889 bits per heavy atom. The highest BCUT2D eigenvalue weighted by Crippen LogP contribution is 2.28. The molecule has 0 saturated carbocycles. The number of carbonyl (C=O) groups excluding carboxylic acids is 1. The van der Waals surface area contributed by atoms with Crippen molar-refractivity contribution in [1.82, 2.24) is 0 Å². The molecule has 0 aromatic heterocycles. The molecule has 0 aliphatic heterocycles. The second kappa shape index (κ2) is 11.9. The summed E-state index contributed by atoms with van der Waals surface area (Å²) in [6, 6.07) is 0. The molecule has 0 aliphatic carbocycles. The monoisotopic (exact) mass is 376 g/mol. The number of carboxylic acid groups (broad SMARTS) is 1. The van der Waals surface area contributed by atoms with Crippen LogP contribution in [0, 0.1) is 10.8 Å². The molecule has 0 saturated heterocycles. The fourth-order valence-corrected chi connectivity index (χ4v) is 2.99. The Kier molecular flexibility index (Phi) is 11.2. The van der Waals surface area contributed by atoms with Gasteiger partial charge in [0.15, 0.2) is 0 Å². The number of hydrogen-bond donors (Lipinski definition) is 1. The zero-order chi connectivity index (χ0) is 21.1. The second-order valence-electron chi connectivity index (χ2n) is 8.80. The molecule has 0 aliphatic rings. The molecule has 0 fully saturated rings. The van der Waals surface area contributed by atoms with Crippen LogP contribution in [0.1, 0.15) is 92.9 Å². The SMILES string of the molecule is C=C/C(CCCCC(C)(C)C(C)=O)=C(\C=C/C)CCCCC(C)(C)C(=O)O. The highest BCUT2D eigenvalue weighted by molar-refractivity contribution is 5.81. The maximum atomic E-state index is 11.6. The van der Waals surface area contributed by atoms with Crippen LogP contribution in [-0.2, 0) is 9.59 Å². The normalized spacial score (nSPS) is 13.6. The number of aliphatic carboxylic acids is 1. The van der Waals surface area contributed by atoms with Gasteiger partial charge in [-0.3, -0.25) is 9.59 Å². The van der Waals surface area contributed by atoms with Gasteiger partial charge in [0.1, 0.15) is 5.78 Å². The predicted octanol–water partition coefficient (Wildman–Crippen LogP) is 6.89. The summed E-state index contributed by atoms with van der Waals surface area (Å²) in [6.45, 7) is 15.3. The summed E-state index contributed by atoms with van der Waals surface area (Å²) in [5, 5.41) is 9.22. The van der Waals surface area contributed by atoms with Crippen LogP contribution in [0.15, 0.2) is 36.0 Å². The van der Waals surface area contributed by atoms with Crippen molar-refractivity contribution in [2.75, 3.05) is 0 Å². The largest absolute Gasteiger partial charge is 0.481 e. The van der Waals surface area contributed by atoms with Gasteiger partial charge < -0.3 is 5.11 Å². The number of rotatable bonds is 14. The molecular weight excluding hydrogens is 336 g/mol. The van der Waals surface area contributed by atoms with Gasteiger partial charge in [0.25, 0.3) is 0 Å². The molecule has 0 heterocycles. The Bertz CT molecular complexity index is 562. The van der Waals surface area contributed by atoms with E-state index >= 15 is 0 Å². The third-order valence-electron chi connectivity index (χ3n) is 5.55. The second-order valence-corrected chi connectivity index (χ2v) is 8.80. The van der Waals surface area contributed by atoms with Gasteiger partial charge in [0.05, 0.1) is 5.41 Å². The molecule has 0 bridgehead atoms. The number of hydrogen-bond acceptors (Lipinski definition) is 2. The molecule has 27 heavy (non-hydrogen) atoms. The average Bonchev–Trinajstić information content (AvgIpc) is 2.57. The van der Waals surface area contributed by atoms with Crippen molar-refractivity contribution in [2.45, 2.75) is 92.9 Å². The lowest BCUT2D eigenvalue weighted by atomic mass is 9.83. The summed E-state index contributed by atoms with van der Waals surface area (Å²) in [7, 11) is 0. The Labute approximate surface area is 166 Å². The van der Waals surface area contributed by atoms with Gasteiger partial charge in [0.2, 0.25) is 0 Å². The first kappa shape index (κ1) is 25.4. The Balaban J connectivity index is 4.70. The Hall–Kier alpha value is -1.64. The van der Waals surface area contributed by atoms with E-state index in [1.165, 1.54) is 11.1 Å². The summed E-state index contributed by atoms with van der Waals surface area (Å²) in [4.78, 5) is 22.8. The quantitative estimate of drug-likeness (QED) is 0.265. The number of carboxylic acids is 1. The van der Waals surface area contributed by atoms with Crippen molar-refractivity contribution in [3.63, 3.8) is 0 Å². The lowest BCUT2D eigenvalue weighted by Crippen LogP contribution is -2.23. The summed E-state index contributed by atoms with van der Waals surface area (Å²) >= 11 is 0. The molecule has 1 N–H and O–H groups in total.